The predicted octanol–water partition coefficient (Wildman–Crippen LogP) is 3.94. The molecular formula is C15H20N2S. The van der Waals surface area contributed by atoms with Crippen molar-refractivity contribution in [3.8, 4) is 11.3 Å². The van der Waals surface area contributed by atoms with E-state index in [0.717, 1.165) is 17.2 Å². The van der Waals surface area contributed by atoms with E-state index in [1.807, 2.05) is 18.2 Å². The highest BCUT2D eigenvalue weighted by molar-refractivity contribution is 7.09. The number of rotatable bonds is 5. The molecule has 1 unspecified atom stereocenters. The summed E-state index contributed by atoms with van der Waals surface area (Å²) in [5.41, 5.74) is 2.27. The highest BCUT2D eigenvalue weighted by Crippen LogP contribution is 2.21. The van der Waals surface area contributed by atoms with E-state index in [4.69, 9.17) is 0 Å². The van der Waals surface area contributed by atoms with Gasteiger partial charge in [-0.2, -0.15) is 0 Å². The van der Waals surface area contributed by atoms with Crippen LogP contribution in [0, 0.1) is 5.92 Å². The smallest absolute Gasteiger partial charge is 0.107 e. The third kappa shape index (κ3) is 3.40. The first-order chi connectivity index (χ1) is 8.66. The van der Waals surface area contributed by atoms with Crippen molar-refractivity contribution < 1.29 is 0 Å². The van der Waals surface area contributed by atoms with Crippen LogP contribution >= 0.6 is 11.3 Å². The summed E-state index contributed by atoms with van der Waals surface area (Å²) >= 11 is 1.72. The Kier molecular flexibility index (Phi) is 4.50. The fraction of sp³-hybridized carbons (Fsp3) is 0.400. The summed E-state index contributed by atoms with van der Waals surface area (Å²) in [6, 6.07) is 10.9. The molecule has 1 aromatic carbocycles. The minimum absolute atomic E-state index is 0.522. The van der Waals surface area contributed by atoms with Crippen LogP contribution in [-0.2, 0) is 6.54 Å². The Bertz CT molecular complexity index is 476. The van der Waals surface area contributed by atoms with Gasteiger partial charge in [-0.25, -0.2) is 4.98 Å². The number of nitrogens with zero attached hydrogens (tertiary/aromatic N) is 1. The molecule has 3 heteroatoms. The second-order valence-corrected chi connectivity index (χ2v) is 5.85. The van der Waals surface area contributed by atoms with E-state index in [9.17, 15) is 0 Å². The predicted molar refractivity (Wildman–Crippen MR) is 78.7 cm³/mol. The molecule has 0 fully saturated rings. The van der Waals surface area contributed by atoms with Gasteiger partial charge in [-0.05, 0) is 12.8 Å². The van der Waals surface area contributed by atoms with E-state index >= 15 is 0 Å². The molecule has 0 radical (unpaired) electrons. The quantitative estimate of drug-likeness (QED) is 0.880. The zero-order valence-corrected chi connectivity index (χ0v) is 12.0. The van der Waals surface area contributed by atoms with Crippen molar-refractivity contribution in [2.45, 2.75) is 33.4 Å². The summed E-state index contributed by atoms with van der Waals surface area (Å²) in [4.78, 5) is 4.67. The first-order valence-electron chi connectivity index (χ1n) is 6.40. The number of hydrogen-bond donors (Lipinski definition) is 1. The normalized spacial score (nSPS) is 12.9. The molecule has 1 atom stereocenters. The van der Waals surface area contributed by atoms with Crippen LogP contribution in [-0.4, -0.2) is 11.0 Å². The summed E-state index contributed by atoms with van der Waals surface area (Å²) in [6.07, 6.45) is 0. The number of hydrogen-bond acceptors (Lipinski definition) is 3. The number of aromatic nitrogens is 1. The van der Waals surface area contributed by atoms with Crippen molar-refractivity contribution in [1.29, 1.82) is 0 Å². The van der Waals surface area contributed by atoms with Crippen LogP contribution < -0.4 is 5.32 Å². The standard InChI is InChI=1S/C15H20N2S/c1-11(2)12(3)16-9-15-17-14(10-18-15)13-7-5-4-6-8-13/h4-8,10-12,16H,9H2,1-3H3. The van der Waals surface area contributed by atoms with Crippen LogP contribution in [0.3, 0.4) is 0 Å². The minimum atomic E-state index is 0.522. The van der Waals surface area contributed by atoms with Crippen molar-refractivity contribution in [1.82, 2.24) is 10.3 Å². The summed E-state index contributed by atoms with van der Waals surface area (Å²) in [7, 11) is 0. The van der Waals surface area contributed by atoms with E-state index in [-0.39, 0.29) is 0 Å². The van der Waals surface area contributed by atoms with E-state index in [0.29, 0.717) is 12.0 Å². The Hall–Kier alpha value is -1.19. The molecule has 0 aliphatic carbocycles. The lowest BCUT2D eigenvalue weighted by molar-refractivity contribution is 0.426. The van der Waals surface area contributed by atoms with E-state index in [1.165, 1.54) is 5.56 Å². The zero-order chi connectivity index (χ0) is 13.0. The van der Waals surface area contributed by atoms with Crippen LogP contribution in [0.2, 0.25) is 0 Å². The molecule has 96 valence electrons. The van der Waals surface area contributed by atoms with Crippen molar-refractivity contribution in [2.75, 3.05) is 0 Å². The van der Waals surface area contributed by atoms with E-state index in [1.54, 1.807) is 11.3 Å². The Morgan fingerprint density at radius 1 is 1.17 bits per heavy atom. The molecule has 0 bridgehead atoms. The molecule has 0 aliphatic heterocycles. The van der Waals surface area contributed by atoms with Gasteiger partial charge in [0.05, 0.1) is 5.69 Å². The van der Waals surface area contributed by atoms with Gasteiger partial charge in [-0.3, -0.25) is 0 Å². The second-order valence-electron chi connectivity index (χ2n) is 4.91. The van der Waals surface area contributed by atoms with Gasteiger partial charge in [0.25, 0.3) is 0 Å². The van der Waals surface area contributed by atoms with Gasteiger partial charge in [0, 0.05) is 23.5 Å². The van der Waals surface area contributed by atoms with Crippen molar-refractivity contribution in [2.24, 2.45) is 5.92 Å². The molecule has 0 aliphatic rings. The molecule has 2 rings (SSSR count). The lowest BCUT2D eigenvalue weighted by Crippen LogP contribution is -2.30. The first kappa shape index (κ1) is 13.2. The lowest BCUT2D eigenvalue weighted by Gasteiger charge is -2.16. The highest BCUT2D eigenvalue weighted by atomic mass is 32.1. The molecule has 2 nitrogen and oxygen atoms in total. The van der Waals surface area contributed by atoms with Gasteiger partial charge in [-0.15, -0.1) is 11.3 Å². The summed E-state index contributed by atoms with van der Waals surface area (Å²) in [6.45, 7) is 7.54. The third-order valence-electron chi connectivity index (χ3n) is 3.20. The molecular weight excluding hydrogens is 240 g/mol. The molecule has 2 aromatic rings. The maximum atomic E-state index is 4.67. The summed E-state index contributed by atoms with van der Waals surface area (Å²) < 4.78 is 0. The molecule has 0 saturated carbocycles. The molecule has 1 N–H and O–H groups in total. The zero-order valence-electron chi connectivity index (χ0n) is 11.2. The lowest BCUT2D eigenvalue weighted by atomic mass is 10.1. The fourth-order valence-electron chi connectivity index (χ4n) is 1.62. The van der Waals surface area contributed by atoms with Crippen LogP contribution in [0.25, 0.3) is 11.3 Å². The molecule has 1 heterocycles. The molecule has 0 amide bonds. The van der Waals surface area contributed by atoms with E-state index < -0.39 is 0 Å². The van der Waals surface area contributed by atoms with Gasteiger partial charge in [0.2, 0.25) is 0 Å². The monoisotopic (exact) mass is 260 g/mol. The average molecular weight is 260 g/mol. The van der Waals surface area contributed by atoms with Gasteiger partial charge < -0.3 is 5.32 Å². The van der Waals surface area contributed by atoms with Gasteiger partial charge in [0.15, 0.2) is 0 Å². The Morgan fingerprint density at radius 2 is 1.89 bits per heavy atom. The van der Waals surface area contributed by atoms with Crippen molar-refractivity contribution in [3.63, 3.8) is 0 Å². The molecule has 18 heavy (non-hydrogen) atoms. The number of nitrogens with one attached hydrogen (secondary N) is 1. The van der Waals surface area contributed by atoms with E-state index in [2.05, 4.69) is 48.6 Å². The Labute approximate surface area is 113 Å². The molecule has 1 aromatic heterocycles. The van der Waals surface area contributed by atoms with Crippen molar-refractivity contribution in [3.05, 3.63) is 40.7 Å². The van der Waals surface area contributed by atoms with Crippen LogP contribution in [0.4, 0.5) is 0 Å². The maximum absolute atomic E-state index is 4.67. The van der Waals surface area contributed by atoms with Crippen LogP contribution in [0.1, 0.15) is 25.8 Å². The minimum Gasteiger partial charge on any atom is -0.308 e. The van der Waals surface area contributed by atoms with Crippen LogP contribution in [0.15, 0.2) is 35.7 Å². The average Bonchev–Trinajstić information content (AvgIpc) is 2.85. The fourth-order valence-corrected chi connectivity index (χ4v) is 2.37. The number of benzene rings is 1. The number of thiazole rings is 1. The Balaban J connectivity index is 1.99. The Morgan fingerprint density at radius 3 is 2.56 bits per heavy atom. The summed E-state index contributed by atoms with van der Waals surface area (Å²) in [5, 5.41) is 6.80. The SMILES string of the molecule is CC(C)C(C)NCc1nc(-c2ccccc2)cs1. The van der Waals surface area contributed by atoms with Gasteiger partial charge in [-0.1, -0.05) is 44.2 Å². The second kappa shape index (κ2) is 6.12. The topological polar surface area (TPSA) is 24.9 Å². The largest absolute Gasteiger partial charge is 0.308 e. The molecule has 0 saturated heterocycles. The molecule has 0 spiro atoms. The third-order valence-corrected chi connectivity index (χ3v) is 4.05. The first-order valence-corrected chi connectivity index (χ1v) is 7.28. The van der Waals surface area contributed by atoms with Gasteiger partial charge in [0.1, 0.15) is 5.01 Å². The van der Waals surface area contributed by atoms with Crippen molar-refractivity contribution >= 4 is 11.3 Å². The summed E-state index contributed by atoms with van der Waals surface area (Å²) in [5.74, 6) is 0.651. The maximum Gasteiger partial charge on any atom is 0.107 e. The van der Waals surface area contributed by atoms with Crippen LogP contribution in [0.5, 0.6) is 0 Å². The van der Waals surface area contributed by atoms with Gasteiger partial charge >= 0.3 is 0 Å². The highest BCUT2D eigenvalue weighted by Gasteiger charge is 2.08.